The highest BCUT2D eigenvalue weighted by atomic mass is 16.5. The Bertz CT molecular complexity index is 418. The average Bonchev–Trinajstić information content (AvgIpc) is 2.76. The van der Waals surface area contributed by atoms with E-state index in [1.807, 2.05) is 0 Å². The molecule has 1 atom stereocenters. The van der Waals surface area contributed by atoms with Crippen molar-refractivity contribution in [1.82, 2.24) is 10.1 Å². The highest BCUT2D eigenvalue weighted by Gasteiger charge is 2.50. The molecule has 1 aromatic heterocycles. The van der Waals surface area contributed by atoms with Gasteiger partial charge >= 0.3 is 0 Å². The van der Waals surface area contributed by atoms with E-state index in [1.54, 1.807) is 0 Å². The lowest BCUT2D eigenvalue weighted by molar-refractivity contribution is 0.219. The van der Waals surface area contributed by atoms with Crippen molar-refractivity contribution in [3.8, 4) is 0 Å². The Morgan fingerprint density at radius 1 is 1.24 bits per heavy atom. The molecule has 2 N–H and O–H groups in total. The van der Waals surface area contributed by atoms with Crippen LogP contribution in [0.15, 0.2) is 4.52 Å². The van der Waals surface area contributed by atoms with Gasteiger partial charge in [-0.15, -0.1) is 0 Å². The molecule has 1 heterocycles. The SMILES string of the molecule is CC1(C)CC1c1noc(C2(N)CCCCC2)n1. The summed E-state index contributed by atoms with van der Waals surface area (Å²) >= 11 is 0. The van der Waals surface area contributed by atoms with Gasteiger partial charge in [0.2, 0.25) is 5.89 Å². The lowest BCUT2D eigenvalue weighted by atomic mass is 9.82. The molecule has 2 aliphatic rings. The van der Waals surface area contributed by atoms with Crippen LogP contribution in [0.25, 0.3) is 0 Å². The summed E-state index contributed by atoms with van der Waals surface area (Å²) in [6.07, 6.45) is 6.72. The molecule has 0 radical (unpaired) electrons. The van der Waals surface area contributed by atoms with Gasteiger partial charge in [0.05, 0.1) is 5.54 Å². The van der Waals surface area contributed by atoms with Crippen LogP contribution in [0.1, 0.15) is 70.0 Å². The summed E-state index contributed by atoms with van der Waals surface area (Å²) in [6.45, 7) is 4.49. The minimum Gasteiger partial charge on any atom is -0.337 e. The summed E-state index contributed by atoms with van der Waals surface area (Å²) in [6, 6.07) is 0. The van der Waals surface area contributed by atoms with E-state index in [4.69, 9.17) is 10.3 Å². The van der Waals surface area contributed by atoms with Crippen LogP contribution < -0.4 is 5.73 Å². The third kappa shape index (κ3) is 1.88. The number of nitrogens with two attached hydrogens (primary N) is 1. The zero-order chi connectivity index (χ0) is 12.1. The first-order valence-electron chi connectivity index (χ1n) is 6.64. The number of hydrogen-bond acceptors (Lipinski definition) is 4. The van der Waals surface area contributed by atoms with E-state index in [0.29, 0.717) is 17.2 Å². The van der Waals surface area contributed by atoms with Crippen LogP contribution in [-0.4, -0.2) is 10.1 Å². The zero-order valence-electron chi connectivity index (χ0n) is 10.7. The molecular weight excluding hydrogens is 214 g/mol. The first-order valence-corrected chi connectivity index (χ1v) is 6.64. The van der Waals surface area contributed by atoms with Crippen molar-refractivity contribution in [3.05, 3.63) is 11.7 Å². The Labute approximate surface area is 102 Å². The molecule has 1 aromatic rings. The van der Waals surface area contributed by atoms with Gasteiger partial charge < -0.3 is 10.3 Å². The lowest BCUT2D eigenvalue weighted by Gasteiger charge is -2.29. The van der Waals surface area contributed by atoms with E-state index in [2.05, 4.69) is 24.0 Å². The third-order valence-electron chi connectivity index (χ3n) is 4.44. The summed E-state index contributed by atoms with van der Waals surface area (Å²) in [5, 5.41) is 4.13. The quantitative estimate of drug-likeness (QED) is 0.856. The number of rotatable bonds is 2. The van der Waals surface area contributed by atoms with E-state index in [-0.39, 0.29) is 5.54 Å². The molecule has 2 aliphatic carbocycles. The molecule has 2 saturated carbocycles. The van der Waals surface area contributed by atoms with Crippen molar-refractivity contribution in [1.29, 1.82) is 0 Å². The van der Waals surface area contributed by atoms with Crippen LogP contribution >= 0.6 is 0 Å². The topological polar surface area (TPSA) is 64.9 Å². The van der Waals surface area contributed by atoms with Gasteiger partial charge in [0.15, 0.2) is 5.82 Å². The maximum atomic E-state index is 6.39. The molecule has 4 heteroatoms. The highest BCUT2D eigenvalue weighted by Crippen LogP contribution is 2.57. The average molecular weight is 235 g/mol. The van der Waals surface area contributed by atoms with Gasteiger partial charge in [-0.25, -0.2) is 0 Å². The first kappa shape index (κ1) is 11.2. The van der Waals surface area contributed by atoms with Gasteiger partial charge in [0, 0.05) is 5.92 Å². The predicted octanol–water partition coefficient (Wildman–Crippen LogP) is 2.70. The molecular formula is C13H21N3O. The standard InChI is InChI=1S/C13H21N3O/c1-12(2)8-9(12)10-15-11(17-16-10)13(14)6-4-3-5-7-13/h9H,3-8,14H2,1-2H3. The van der Waals surface area contributed by atoms with E-state index in [0.717, 1.165) is 25.1 Å². The van der Waals surface area contributed by atoms with Crippen molar-refractivity contribution in [2.24, 2.45) is 11.1 Å². The van der Waals surface area contributed by atoms with Crippen molar-refractivity contribution in [2.45, 2.75) is 63.8 Å². The molecule has 0 bridgehead atoms. The lowest BCUT2D eigenvalue weighted by Crippen LogP contribution is -2.39. The molecule has 1 unspecified atom stereocenters. The monoisotopic (exact) mass is 235 g/mol. The van der Waals surface area contributed by atoms with Crippen LogP contribution in [0, 0.1) is 5.41 Å². The number of hydrogen-bond donors (Lipinski definition) is 1. The van der Waals surface area contributed by atoms with E-state index in [1.165, 1.54) is 19.3 Å². The van der Waals surface area contributed by atoms with Crippen LogP contribution in [0.3, 0.4) is 0 Å². The minimum atomic E-state index is -0.359. The Balaban J connectivity index is 1.80. The number of nitrogens with zero attached hydrogens (tertiary/aromatic N) is 2. The van der Waals surface area contributed by atoms with Gasteiger partial charge in [0.25, 0.3) is 0 Å². The Hall–Kier alpha value is -0.900. The van der Waals surface area contributed by atoms with Crippen LogP contribution in [-0.2, 0) is 5.54 Å². The van der Waals surface area contributed by atoms with Gasteiger partial charge in [-0.1, -0.05) is 38.3 Å². The van der Waals surface area contributed by atoms with Crippen molar-refractivity contribution in [2.75, 3.05) is 0 Å². The normalized spacial score (nSPS) is 30.2. The molecule has 3 rings (SSSR count). The molecule has 4 nitrogen and oxygen atoms in total. The molecule has 94 valence electrons. The largest absolute Gasteiger partial charge is 0.337 e. The molecule has 2 fully saturated rings. The Kier molecular flexibility index (Phi) is 2.34. The fourth-order valence-corrected chi connectivity index (χ4v) is 2.88. The van der Waals surface area contributed by atoms with E-state index < -0.39 is 0 Å². The summed E-state index contributed by atoms with van der Waals surface area (Å²) < 4.78 is 5.42. The third-order valence-corrected chi connectivity index (χ3v) is 4.44. The van der Waals surface area contributed by atoms with Crippen LogP contribution in [0.2, 0.25) is 0 Å². The molecule has 0 amide bonds. The van der Waals surface area contributed by atoms with Crippen molar-refractivity contribution in [3.63, 3.8) is 0 Å². The Morgan fingerprint density at radius 3 is 2.47 bits per heavy atom. The van der Waals surface area contributed by atoms with Crippen molar-refractivity contribution >= 4 is 0 Å². The fourth-order valence-electron chi connectivity index (χ4n) is 2.88. The molecule has 17 heavy (non-hydrogen) atoms. The number of aromatic nitrogens is 2. The second-order valence-corrected chi connectivity index (χ2v) is 6.42. The maximum absolute atomic E-state index is 6.39. The zero-order valence-corrected chi connectivity index (χ0v) is 10.7. The summed E-state index contributed by atoms with van der Waals surface area (Å²) in [5.74, 6) is 1.99. The highest BCUT2D eigenvalue weighted by molar-refractivity contribution is 5.16. The minimum absolute atomic E-state index is 0.343. The van der Waals surface area contributed by atoms with E-state index in [9.17, 15) is 0 Å². The maximum Gasteiger partial charge on any atom is 0.246 e. The summed E-state index contributed by atoms with van der Waals surface area (Å²) in [4.78, 5) is 4.56. The first-order chi connectivity index (χ1) is 8.01. The molecule has 0 aromatic carbocycles. The van der Waals surface area contributed by atoms with Gasteiger partial charge in [0.1, 0.15) is 0 Å². The predicted molar refractivity (Wildman–Crippen MR) is 64.4 cm³/mol. The molecule has 0 spiro atoms. The van der Waals surface area contributed by atoms with Crippen molar-refractivity contribution < 1.29 is 4.52 Å². The second-order valence-electron chi connectivity index (χ2n) is 6.42. The fraction of sp³-hybridized carbons (Fsp3) is 0.846. The smallest absolute Gasteiger partial charge is 0.246 e. The van der Waals surface area contributed by atoms with Crippen LogP contribution in [0.4, 0.5) is 0 Å². The van der Waals surface area contributed by atoms with Gasteiger partial charge in [-0.05, 0) is 24.7 Å². The summed E-state index contributed by atoms with van der Waals surface area (Å²) in [5.41, 5.74) is 6.37. The Morgan fingerprint density at radius 2 is 1.88 bits per heavy atom. The van der Waals surface area contributed by atoms with E-state index >= 15 is 0 Å². The summed E-state index contributed by atoms with van der Waals surface area (Å²) in [7, 11) is 0. The van der Waals surface area contributed by atoms with Crippen LogP contribution in [0.5, 0.6) is 0 Å². The van der Waals surface area contributed by atoms with Gasteiger partial charge in [-0.2, -0.15) is 4.98 Å². The molecule has 0 aliphatic heterocycles. The van der Waals surface area contributed by atoms with Gasteiger partial charge in [-0.3, -0.25) is 0 Å². The second kappa shape index (κ2) is 3.55. The molecule has 0 saturated heterocycles.